The Morgan fingerprint density at radius 2 is 1.88 bits per heavy atom. The van der Waals surface area contributed by atoms with Crippen LogP contribution >= 0.6 is 34.8 Å². The van der Waals surface area contributed by atoms with E-state index in [9.17, 15) is 8.42 Å². The molecular formula is C9H10Cl3NO3S. The standard InChI is InChI=1S/C9H10Cl3NO3S/c1-5(14)4-13-17(15,16)7-3-2-6(10)8(11)9(7)12/h2-3,5,13-14H,4H2,1H3/t5-/m1/s1. The normalized spacial score (nSPS) is 13.7. The second-order valence-electron chi connectivity index (χ2n) is 3.37. The molecule has 1 atom stereocenters. The van der Waals surface area contributed by atoms with Gasteiger partial charge in [-0.05, 0) is 19.1 Å². The van der Waals surface area contributed by atoms with Crippen molar-refractivity contribution >= 4 is 44.8 Å². The van der Waals surface area contributed by atoms with Crippen LogP contribution in [-0.2, 0) is 10.0 Å². The van der Waals surface area contributed by atoms with Crippen molar-refractivity contribution in [3.63, 3.8) is 0 Å². The molecule has 2 N–H and O–H groups in total. The summed E-state index contributed by atoms with van der Waals surface area (Å²) >= 11 is 17.2. The van der Waals surface area contributed by atoms with Gasteiger partial charge in [0, 0.05) is 6.54 Å². The van der Waals surface area contributed by atoms with E-state index in [0.717, 1.165) is 0 Å². The van der Waals surface area contributed by atoms with Gasteiger partial charge in [-0.2, -0.15) is 0 Å². The van der Waals surface area contributed by atoms with Gasteiger partial charge in [-0.1, -0.05) is 34.8 Å². The van der Waals surface area contributed by atoms with Crippen LogP contribution in [0.15, 0.2) is 17.0 Å². The van der Waals surface area contributed by atoms with Crippen LogP contribution in [0, 0.1) is 0 Å². The predicted octanol–water partition coefficient (Wildman–Crippen LogP) is 2.31. The molecule has 0 saturated heterocycles. The molecule has 1 aromatic carbocycles. The predicted molar refractivity (Wildman–Crippen MR) is 68.3 cm³/mol. The molecule has 0 bridgehead atoms. The van der Waals surface area contributed by atoms with E-state index in [1.807, 2.05) is 0 Å². The first-order chi connectivity index (χ1) is 7.75. The molecule has 0 radical (unpaired) electrons. The van der Waals surface area contributed by atoms with Crippen LogP contribution in [0.3, 0.4) is 0 Å². The number of nitrogens with one attached hydrogen (secondary N) is 1. The summed E-state index contributed by atoms with van der Waals surface area (Å²) in [5, 5.41) is 9.03. The van der Waals surface area contributed by atoms with Crippen LogP contribution in [0.1, 0.15) is 6.92 Å². The molecule has 8 heteroatoms. The molecule has 0 heterocycles. The molecule has 0 aromatic heterocycles. The Labute approximate surface area is 115 Å². The number of halogens is 3. The van der Waals surface area contributed by atoms with E-state index in [2.05, 4.69) is 4.72 Å². The van der Waals surface area contributed by atoms with Gasteiger partial charge in [0.2, 0.25) is 10.0 Å². The smallest absolute Gasteiger partial charge is 0.242 e. The molecule has 17 heavy (non-hydrogen) atoms. The van der Waals surface area contributed by atoms with Gasteiger partial charge in [0.05, 0.1) is 21.2 Å². The lowest BCUT2D eigenvalue weighted by molar-refractivity contribution is 0.198. The minimum Gasteiger partial charge on any atom is -0.392 e. The van der Waals surface area contributed by atoms with Crippen molar-refractivity contribution in [2.45, 2.75) is 17.9 Å². The molecule has 0 amide bonds. The van der Waals surface area contributed by atoms with Crippen LogP contribution in [0.4, 0.5) is 0 Å². The van der Waals surface area contributed by atoms with E-state index in [1.54, 1.807) is 0 Å². The fourth-order valence-corrected chi connectivity index (χ4v) is 3.12. The van der Waals surface area contributed by atoms with Crippen molar-refractivity contribution in [2.24, 2.45) is 0 Å². The third-order valence-electron chi connectivity index (χ3n) is 1.86. The highest BCUT2D eigenvalue weighted by molar-refractivity contribution is 7.89. The van der Waals surface area contributed by atoms with Gasteiger partial charge in [0.15, 0.2) is 0 Å². The zero-order chi connectivity index (χ0) is 13.2. The van der Waals surface area contributed by atoms with Crippen molar-refractivity contribution < 1.29 is 13.5 Å². The van der Waals surface area contributed by atoms with Gasteiger partial charge in [-0.25, -0.2) is 13.1 Å². The highest BCUT2D eigenvalue weighted by Crippen LogP contribution is 2.34. The van der Waals surface area contributed by atoms with Gasteiger partial charge >= 0.3 is 0 Å². The van der Waals surface area contributed by atoms with Gasteiger partial charge in [-0.15, -0.1) is 0 Å². The van der Waals surface area contributed by atoms with E-state index >= 15 is 0 Å². The maximum atomic E-state index is 11.8. The number of rotatable bonds is 4. The van der Waals surface area contributed by atoms with Gasteiger partial charge in [-0.3, -0.25) is 0 Å². The molecule has 0 aliphatic carbocycles. The fraction of sp³-hybridized carbons (Fsp3) is 0.333. The zero-order valence-electron chi connectivity index (χ0n) is 8.75. The lowest BCUT2D eigenvalue weighted by Gasteiger charge is -2.10. The Morgan fingerprint density at radius 3 is 2.41 bits per heavy atom. The highest BCUT2D eigenvalue weighted by atomic mass is 35.5. The maximum Gasteiger partial charge on any atom is 0.242 e. The van der Waals surface area contributed by atoms with Gasteiger partial charge in [0.1, 0.15) is 4.90 Å². The topological polar surface area (TPSA) is 66.4 Å². The largest absolute Gasteiger partial charge is 0.392 e. The number of hydrogen-bond acceptors (Lipinski definition) is 3. The van der Waals surface area contributed by atoms with Crippen molar-refractivity contribution in [1.29, 1.82) is 0 Å². The lowest BCUT2D eigenvalue weighted by Crippen LogP contribution is -2.30. The molecular weight excluding hydrogens is 309 g/mol. The summed E-state index contributed by atoms with van der Waals surface area (Å²) in [6.07, 6.45) is -0.800. The van der Waals surface area contributed by atoms with E-state index in [0.29, 0.717) is 0 Å². The maximum absolute atomic E-state index is 11.8. The number of aliphatic hydroxyl groups is 1. The summed E-state index contributed by atoms with van der Waals surface area (Å²) < 4.78 is 25.8. The van der Waals surface area contributed by atoms with E-state index < -0.39 is 16.1 Å². The summed E-state index contributed by atoms with van der Waals surface area (Å²) in [7, 11) is -3.81. The second kappa shape index (κ2) is 5.73. The van der Waals surface area contributed by atoms with Crippen LogP contribution < -0.4 is 4.72 Å². The first-order valence-corrected chi connectivity index (χ1v) is 7.18. The molecule has 96 valence electrons. The summed E-state index contributed by atoms with van der Waals surface area (Å²) in [5.74, 6) is 0. The molecule has 0 fully saturated rings. The summed E-state index contributed by atoms with van der Waals surface area (Å²) in [6.45, 7) is 1.35. The SMILES string of the molecule is C[C@@H](O)CNS(=O)(=O)c1ccc(Cl)c(Cl)c1Cl. The van der Waals surface area contributed by atoms with Crippen molar-refractivity contribution in [1.82, 2.24) is 4.72 Å². The van der Waals surface area contributed by atoms with Crippen LogP contribution in [0.25, 0.3) is 0 Å². The Morgan fingerprint density at radius 1 is 1.29 bits per heavy atom. The molecule has 0 saturated carbocycles. The second-order valence-corrected chi connectivity index (χ2v) is 6.27. The number of hydrogen-bond donors (Lipinski definition) is 2. The minimum atomic E-state index is -3.81. The number of aliphatic hydroxyl groups excluding tert-OH is 1. The Kier molecular flexibility index (Phi) is 5.07. The first kappa shape index (κ1) is 15.0. The molecule has 1 rings (SSSR count). The monoisotopic (exact) mass is 317 g/mol. The molecule has 1 aromatic rings. The van der Waals surface area contributed by atoms with E-state index in [-0.39, 0.29) is 26.5 Å². The van der Waals surface area contributed by atoms with Gasteiger partial charge < -0.3 is 5.11 Å². The molecule has 0 unspecified atom stereocenters. The van der Waals surface area contributed by atoms with E-state index in [1.165, 1.54) is 19.1 Å². The Bertz CT molecular complexity index is 516. The third kappa shape index (κ3) is 3.71. The van der Waals surface area contributed by atoms with Crippen LogP contribution in [0.2, 0.25) is 15.1 Å². The fourth-order valence-electron chi connectivity index (χ4n) is 1.02. The summed E-state index contributed by atoms with van der Waals surface area (Å²) in [5.41, 5.74) is 0. The summed E-state index contributed by atoms with van der Waals surface area (Å²) in [4.78, 5) is -0.172. The molecule has 0 aliphatic rings. The minimum absolute atomic E-state index is 0.0201. The summed E-state index contributed by atoms with van der Waals surface area (Å²) in [6, 6.07) is 2.59. The van der Waals surface area contributed by atoms with Crippen LogP contribution in [0.5, 0.6) is 0 Å². The zero-order valence-corrected chi connectivity index (χ0v) is 11.8. The van der Waals surface area contributed by atoms with Gasteiger partial charge in [0.25, 0.3) is 0 Å². The van der Waals surface area contributed by atoms with Crippen LogP contribution in [-0.4, -0.2) is 26.2 Å². The molecule has 0 aliphatic heterocycles. The van der Waals surface area contributed by atoms with Crippen molar-refractivity contribution in [2.75, 3.05) is 6.54 Å². The molecule has 0 spiro atoms. The quantitative estimate of drug-likeness (QED) is 0.837. The number of benzene rings is 1. The average molecular weight is 319 g/mol. The Balaban J connectivity index is 3.12. The lowest BCUT2D eigenvalue weighted by atomic mass is 10.4. The molecule has 4 nitrogen and oxygen atoms in total. The van der Waals surface area contributed by atoms with Crippen molar-refractivity contribution in [3.05, 3.63) is 27.2 Å². The van der Waals surface area contributed by atoms with E-state index in [4.69, 9.17) is 39.9 Å². The average Bonchev–Trinajstić information content (AvgIpc) is 2.23. The third-order valence-corrected chi connectivity index (χ3v) is 4.73. The first-order valence-electron chi connectivity index (χ1n) is 4.57. The number of sulfonamides is 1. The Hall–Kier alpha value is -0.0400. The highest BCUT2D eigenvalue weighted by Gasteiger charge is 2.21. The van der Waals surface area contributed by atoms with Crippen molar-refractivity contribution in [3.8, 4) is 0 Å².